The van der Waals surface area contributed by atoms with Gasteiger partial charge in [0, 0.05) is 18.2 Å². The first kappa shape index (κ1) is 19.6. The molecule has 0 unspecified atom stereocenters. The number of benzene rings is 2. The minimum Gasteiger partial charge on any atom is -0.376 e. The third kappa shape index (κ3) is 4.83. The molecule has 0 spiro atoms. The summed E-state index contributed by atoms with van der Waals surface area (Å²) < 4.78 is 31.1. The standard InChI is InChI=1S/C20H19F2N7O/c1-20(21,22)19-24-17(30-27-19)13-23-16-9-7-14(8-10-16)11-12-29-26-18(25-28-29)15-5-3-2-4-6-15/h2-10,23H,11-13H2,1H3. The van der Waals surface area contributed by atoms with Crippen LogP contribution in [0, 0.1) is 0 Å². The molecule has 4 aromatic rings. The van der Waals surface area contributed by atoms with E-state index >= 15 is 0 Å². The van der Waals surface area contributed by atoms with E-state index < -0.39 is 11.7 Å². The second kappa shape index (κ2) is 8.36. The van der Waals surface area contributed by atoms with Gasteiger partial charge in [0.2, 0.25) is 17.5 Å². The van der Waals surface area contributed by atoms with Crippen molar-refractivity contribution in [3.8, 4) is 11.4 Å². The van der Waals surface area contributed by atoms with E-state index in [1.807, 2.05) is 54.6 Å². The minimum absolute atomic E-state index is 0.0991. The van der Waals surface area contributed by atoms with Crippen molar-refractivity contribution in [2.45, 2.75) is 32.4 Å². The molecule has 0 amide bonds. The Morgan fingerprint density at radius 1 is 1.07 bits per heavy atom. The Balaban J connectivity index is 1.29. The maximum Gasteiger partial charge on any atom is 0.307 e. The molecule has 30 heavy (non-hydrogen) atoms. The summed E-state index contributed by atoms with van der Waals surface area (Å²) in [6, 6.07) is 17.4. The van der Waals surface area contributed by atoms with Crippen molar-refractivity contribution in [3.05, 3.63) is 71.9 Å². The van der Waals surface area contributed by atoms with Crippen molar-refractivity contribution in [1.82, 2.24) is 30.3 Å². The first-order chi connectivity index (χ1) is 14.5. The SMILES string of the molecule is CC(F)(F)c1noc(CNc2ccc(CCn3nnc(-c4ccccc4)n3)cc2)n1. The summed E-state index contributed by atoms with van der Waals surface area (Å²) in [5.41, 5.74) is 2.84. The Morgan fingerprint density at radius 3 is 2.53 bits per heavy atom. The van der Waals surface area contributed by atoms with E-state index in [0.29, 0.717) is 12.4 Å². The Kier molecular flexibility index (Phi) is 5.46. The zero-order valence-corrected chi connectivity index (χ0v) is 16.2. The summed E-state index contributed by atoms with van der Waals surface area (Å²) in [6.45, 7) is 1.49. The van der Waals surface area contributed by atoms with Crippen LogP contribution in [0.25, 0.3) is 11.4 Å². The number of anilines is 1. The smallest absolute Gasteiger partial charge is 0.307 e. The first-order valence-electron chi connectivity index (χ1n) is 9.34. The van der Waals surface area contributed by atoms with Gasteiger partial charge in [-0.3, -0.25) is 0 Å². The predicted octanol–water partition coefficient (Wildman–Crippen LogP) is 3.69. The summed E-state index contributed by atoms with van der Waals surface area (Å²) in [7, 11) is 0. The van der Waals surface area contributed by atoms with E-state index in [-0.39, 0.29) is 12.4 Å². The van der Waals surface area contributed by atoms with Gasteiger partial charge in [-0.1, -0.05) is 47.6 Å². The fourth-order valence-electron chi connectivity index (χ4n) is 2.74. The van der Waals surface area contributed by atoms with Crippen LogP contribution in [0.4, 0.5) is 14.5 Å². The first-order valence-corrected chi connectivity index (χ1v) is 9.34. The Hall–Kier alpha value is -3.69. The molecule has 0 saturated heterocycles. The largest absolute Gasteiger partial charge is 0.376 e. The van der Waals surface area contributed by atoms with Crippen LogP contribution in [-0.2, 0) is 25.4 Å². The van der Waals surface area contributed by atoms with Crippen molar-refractivity contribution in [2.24, 2.45) is 0 Å². The highest BCUT2D eigenvalue weighted by atomic mass is 19.3. The van der Waals surface area contributed by atoms with Crippen LogP contribution >= 0.6 is 0 Å². The van der Waals surface area contributed by atoms with Gasteiger partial charge in [0.25, 0.3) is 0 Å². The predicted molar refractivity (Wildman–Crippen MR) is 105 cm³/mol. The minimum atomic E-state index is -3.12. The lowest BCUT2D eigenvalue weighted by Gasteiger charge is -2.05. The fraction of sp³-hybridized carbons (Fsp3) is 0.250. The number of hydrogen-bond acceptors (Lipinski definition) is 7. The third-order valence-electron chi connectivity index (χ3n) is 4.34. The molecule has 2 aromatic heterocycles. The molecular formula is C20H19F2N7O. The zero-order valence-electron chi connectivity index (χ0n) is 16.2. The number of nitrogens with zero attached hydrogens (tertiary/aromatic N) is 6. The van der Waals surface area contributed by atoms with Crippen LogP contribution < -0.4 is 5.32 Å². The Bertz CT molecular complexity index is 1090. The van der Waals surface area contributed by atoms with Gasteiger partial charge in [-0.25, -0.2) is 0 Å². The molecule has 2 aromatic carbocycles. The summed E-state index contributed by atoms with van der Waals surface area (Å²) >= 11 is 0. The van der Waals surface area contributed by atoms with Gasteiger partial charge < -0.3 is 9.84 Å². The number of hydrogen-bond donors (Lipinski definition) is 1. The van der Waals surface area contributed by atoms with Crippen molar-refractivity contribution in [1.29, 1.82) is 0 Å². The van der Waals surface area contributed by atoms with Crippen LogP contribution in [-0.4, -0.2) is 30.3 Å². The second-order valence-electron chi connectivity index (χ2n) is 6.78. The molecule has 1 N–H and O–H groups in total. The van der Waals surface area contributed by atoms with Gasteiger partial charge >= 0.3 is 5.92 Å². The fourth-order valence-corrected chi connectivity index (χ4v) is 2.74. The highest BCUT2D eigenvalue weighted by Gasteiger charge is 2.30. The zero-order chi connectivity index (χ0) is 21.0. The molecule has 0 bridgehead atoms. The number of aromatic nitrogens is 6. The molecule has 0 aliphatic rings. The van der Waals surface area contributed by atoms with Crippen LogP contribution in [0.1, 0.15) is 24.2 Å². The molecular weight excluding hydrogens is 392 g/mol. The molecule has 0 fully saturated rings. The average Bonchev–Trinajstić information content (AvgIpc) is 3.42. The molecule has 4 rings (SSSR count). The van der Waals surface area contributed by atoms with Gasteiger partial charge in [0.05, 0.1) is 13.1 Å². The molecule has 0 aliphatic heterocycles. The monoisotopic (exact) mass is 411 g/mol. The van der Waals surface area contributed by atoms with Gasteiger partial charge in [-0.2, -0.15) is 18.6 Å². The van der Waals surface area contributed by atoms with E-state index in [1.54, 1.807) is 4.80 Å². The van der Waals surface area contributed by atoms with E-state index in [0.717, 1.165) is 30.2 Å². The molecule has 10 heteroatoms. The van der Waals surface area contributed by atoms with E-state index in [1.165, 1.54) is 0 Å². The van der Waals surface area contributed by atoms with Gasteiger partial charge in [-0.15, -0.1) is 10.2 Å². The Morgan fingerprint density at radius 2 is 1.83 bits per heavy atom. The lowest BCUT2D eigenvalue weighted by molar-refractivity contribution is 0.00559. The number of rotatable bonds is 8. The van der Waals surface area contributed by atoms with Crippen LogP contribution in [0.15, 0.2) is 59.1 Å². The van der Waals surface area contributed by atoms with Crippen molar-refractivity contribution >= 4 is 5.69 Å². The van der Waals surface area contributed by atoms with Gasteiger partial charge in [-0.05, 0) is 29.3 Å². The molecule has 0 radical (unpaired) electrons. The second-order valence-corrected chi connectivity index (χ2v) is 6.78. The number of aryl methyl sites for hydroxylation is 2. The summed E-state index contributed by atoms with van der Waals surface area (Å²) in [4.78, 5) is 5.26. The number of nitrogens with one attached hydrogen (secondary N) is 1. The normalized spacial score (nSPS) is 11.6. The highest BCUT2D eigenvalue weighted by Crippen LogP contribution is 2.23. The van der Waals surface area contributed by atoms with Crippen molar-refractivity contribution in [3.63, 3.8) is 0 Å². The van der Waals surface area contributed by atoms with E-state index in [2.05, 4.69) is 30.9 Å². The molecule has 0 aliphatic carbocycles. The highest BCUT2D eigenvalue weighted by molar-refractivity contribution is 5.53. The number of tetrazole rings is 1. The maximum atomic E-state index is 13.1. The van der Waals surface area contributed by atoms with Crippen LogP contribution in [0.2, 0.25) is 0 Å². The summed E-state index contributed by atoms with van der Waals surface area (Å²) in [5.74, 6) is -3.04. The van der Waals surface area contributed by atoms with E-state index in [4.69, 9.17) is 4.52 Å². The lowest BCUT2D eigenvalue weighted by Crippen LogP contribution is -2.09. The molecule has 0 saturated carbocycles. The third-order valence-corrected chi connectivity index (χ3v) is 4.34. The molecule has 0 atom stereocenters. The quantitative estimate of drug-likeness (QED) is 0.472. The topological polar surface area (TPSA) is 94.6 Å². The lowest BCUT2D eigenvalue weighted by atomic mass is 10.1. The number of alkyl halides is 2. The van der Waals surface area contributed by atoms with E-state index in [9.17, 15) is 8.78 Å². The van der Waals surface area contributed by atoms with Crippen LogP contribution in [0.3, 0.4) is 0 Å². The number of halogens is 2. The maximum absolute atomic E-state index is 13.1. The van der Waals surface area contributed by atoms with Crippen molar-refractivity contribution < 1.29 is 13.3 Å². The molecule has 2 heterocycles. The summed E-state index contributed by atoms with van der Waals surface area (Å²) in [5, 5.41) is 18.9. The molecule has 8 nitrogen and oxygen atoms in total. The molecule has 154 valence electrons. The summed E-state index contributed by atoms with van der Waals surface area (Å²) in [6.07, 6.45) is 0.740. The average molecular weight is 411 g/mol. The van der Waals surface area contributed by atoms with Gasteiger partial charge in [0.15, 0.2) is 0 Å². The van der Waals surface area contributed by atoms with Crippen LogP contribution in [0.5, 0.6) is 0 Å². The Labute approximate surface area is 170 Å². The van der Waals surface area contributed by atoms with Crippen molar-refractivity contribution in [2.75, 3.05) is 5.32 Å². The van der Waals surface area contributed by atoms with Gasteiger partial charge in [0.1, 0.15) is 0 Å².